The third-order valence-electron chi connectivity index (χ3n) is 3.94. The number of halogens is 1. The van der Waals surface area contributed by atoms with Crippen molar-refractivity contribution >= 4 is 29.9 Å². The molecule has 7 nitrogen and oxygen atoms in total. The van der Waals surface area contributed by atoms with Crippen LogP contribution in [0.1, 0.15) is 31.4 Å². The minimum absolute atomic E-state index is 0. The fourth-order valence-corrected chi connectivity index (χ4v) is 2.62. The standard InChI is InChI=1S/C20H26N4O3.HI/c1-3-10-25-19-16(6-5-9-22-19)13-24-20(21-4-2)23-12-15-7-8-17-18(11-15)27-14-26-17;/h5-9,11H,3-4,10,12-14H2,1-2H3,(H2,21,23,24);1H. The summed E-state index contributed by atoms with van der Waals surface area (Å²) in [5.74, 6) is 2.96. The predicted octanol–water partition coefficient (Wildman–Crippen LogP) is 3.47. The summed E-state index contributed by atoms with van der Waals surface area (Å²) in [6, 6.07) is 9.80. The molecule has 1 aliphatic heterocycles. The number of pyridine rings is 1. The molecule has 0 spiro atoms. The van der Waals surface area contributed by atoms with E-state index in [1.165, 1.54) is 0 Å². The minimum Gasteiger partial charge on any atom is -0.477 e. The highest BCUT2D eigenvalue weighted by molar-refractivity contribution is 14.0. The Labute approximate surface area is 182 Å². The van der Waals surface area contributed by atoms with Gasteiger partial charge in [-0.25, -0.2) is 9.98 Å². The Morgan fingerprint density at radius 2 is 2.04 bits per heavy atom. The number of benzene rings is 1. The average Bonchev–Trinajstić information content (AvgIpc) is 3.17. The van der Waals surface area contributed by atoms with Gasteiger partial charge < -0.3 is 24.8 Å². The molecule has 2 N–H and O–H groups in total. The van der Waals surface area contributed by atoms with Crippen LogP contribution in [-0.2, 0) is 13.1 Å². The van der Waals surface area contributed by atoms with Gasteiger partial charge in [0.2, 0.25) is 12.7 Å². The number of nitrogens with one attached hydrogen (secondary N) is 2. The molecule has 152 valence electrons. The molecule has 1 aromatic heterocycles. The van der Waals surface area contributed by atoms with Crippen LogP contribution in [0.15, 0.2) is 41.5 Å². The smallest absolute Gasteiger partial charge is 0.231 e. The van der Waals surface area contributed by atoms with Crippen LogP contribution in [0.25, 0.3) is 0 Å². The Hall–Kier alpha value is -2.23. The number of hydrogen-bond acceptors (Lipinski definition) is 5. The molecule has 1 aliphatic rings. The zero-order valence-corrected chi connectivity index (χ0v) is 18.6. The molecule has 0 bridgehead atoms. The van der Waals surface area contributed by atoms with Crippen LogP contribution in [0.5, 0.6) is 17.4 Å². The summed E-state index contributed by atoms with van der Waals surface area (Å²) in [6.45, 7) is 6.95. The van der Waals surface area contributed by atoms with Crippen molar-refractivity contribution in [1.29, 1.82) is 0 Å². The zero-order valence-electron chi connectivity index (χ0n) is 16.2. The maximum absolute atomic E-state index is 5.71. The largest absolute Gasteiger partial charge is 0.477 e. The summed E-state index contributed by atoms with van der Waals surface area (Å²) in [5, 5.41) is 6.60. The summed E-state index contributed by atoms with van der Waals surface area (Å²) >= 11 is 0. The Morgan fingerprint density at radius 1 is 1.18 bits per heavy atom. The molecule has 0 saturated carbocycles. The van der Waals surface area contributed by atoms with Crippen LogP contribution in [0, 0.1) is 0 Å². The first-order valence-electron chi connectivity index (χ1n) is 9.27. The third kappa shape index (κ3) is 6.15. The van der Waals surface area contributed by atoms with E-state index in [4.69, 9.17) is 14.2 Å². The number of aliphatic imine (C=N–C) groups is 1. The van der Waals surface area contributed by atoms with Gasteiger partial charge in [0.1, 0.15) is 0 Å². The van der Waals surface area contributed by atoms with Gasteiger partial charge in [-0.2, -0.15) is 0 Å². The van der Waals surface area contributed by atoms with Crippen molar-refractivity contribution in [2.45, 2.75) is 33.4 Å². The molecule has 1 aromatic carbocycles. The number of guanidine groups is 1. The third-order valence-corrected chi connectivity index (χ3v) is 3.94. The highest BCUT2D eigenvalue weighted by atomic mass is 127. The van der Waals surface area contributed by atoms with E-state index in [2.05, 4.69) is 27.5 Å². The minimum atomic E-state index is 0. The van der Waals surface area contributed by atoms with Gasteiger partial charge in [0.05, 0.1) is 13.2 Å². The first-order valence-corrected chi connectivity index (χ1v) is 9.27. The molecule has 0 saturated heterocycles. The van der Waals surface area contributed by atoms with Crippen molar-refractivity contribution in [1.82, 2.24) is 15.6 Å². The van der Waals surface area contributed by atoms with Crippen LogP contribution in [0.4, 0.5) is 0 Å². The summed E-state index contributed by atoms with van der Waals surface area (Å²) in [6.07, 6.45) is 2.69. The van der Waals surface area contributed by atoms with E-state index >= 15 is 0 Å². The van der Waals surface area contributed by atoms with Crippen LogP contribution in [0.2, 0.25) is 0 Å². The average molecular weight is 498 g/mol. The molecule has 0 unspecified atom stereocenters. The number of rotatable bonds is 8. The number of fused-ring (bicyclic) bond motifs is 1. The lowest BCUT2D eigenvalue weighted by atomic mass is 10.2. The first-order chi connectivity index (χ1) is 13.3. The Kier molecular flexibility index (Phi) is 9.12. The van der Waals surface area contributed by atoms with Gasteiger partial charge >= 0.3 is 0 Å². The lowest BCUT2D eigenvalue weighted by Crippen LogP contribution is -2.36. The van der Waals surface area contributed by atoms with Crippen LogP contribution in [0.3, 0.4) is 0 Å². The zero-order chi connectivity index (χ0) is 18.9. The van der Waals surface area contributed by atoms with Crippen LogP contribution >= 0.6 is 24.0 Å². The molecule has 3 rings (SSSR count). The molecule has 28 heavy (non-hydrogen) atoms. The van der Waals surface area contributed by atoms with Gasteiger partial charge in [-0.05, 0) is 37.1 Å². The van der Waals surface area contributed by atoms with E-state index in [0.29, 0.717) is 25.6 Å². The molecular formula is C20H27IN4O3. The lowest BCUT2D eigenvalue weighted by molar-refractivity contribution is 0.174. The van der Waals surface area contributed by atoms with E-state index in [0.717, 1.165) is 41.6 Å². The van der Waals surface area contributed by atoms with Gasteiger partial charge in [-0.3, -0.25) is 0 Å². The Balaban J connectivity index is 0.00000280. The maximum Gasteiger partial charge on any atom is 0.231 e. The number of aromatic nitrogens is 1. The number of nitrogens with zero attached hydrogens (tertiary/aromatic N) is 2. The van der Waals surface area contributed by atoms with Gasteiger partial charge in [-0.1, -0.05) is 19.1 Å². The second-order valence-corrected chi connectivity index (χ2v) is 6.05. The van der Waals surface area contributed by atoms with Gasteiger partial charge in [0.25, 0.3) is 0 Å². The molecule has 2 heterocycles. The SMILES string of the molecule is CCCOc1ncccc1CNC(=NCc1ccc2c(c1)OCO2)NCC.I. The van der Waals surface area contributed by atoms with E-state index in [9.17, 15) is 0 Å². The summed E-state index contributed by atoms with van der Waals surface area (Å²) in [5.41, 5.74) is 2.06. The summed E-state index contributed by atoms with van der Waals surface area (Å²) in [4.78, 5) is 8.97. The summed E-state index contributed by atoms with van der Waals surface area (Å²) < 4.78 is 16.5. The highest BCUT2D eigenvalue weighted by Gasteiger charge is 2.13. The normalized spacial score (nSPS) is 12.3. The van der Waals surface area contributed by atoms with Gasteiger partial charge in [0.15, 0.2) is 17.5 Å². The van der Waals surface area contributed by atoms with Gasteiger partial charge in [0, 0.05) is 24.8 Å². The second-order valence-electron chi connectivity index (χ2n) is 6.05. The monoisotopic (exact) mass is 498 g/mol. The lowest BCUT2D eigenvalue weighted by Gasteiger charge is -2.13. The molecule has 0 atom stereocenters. The van der Waals surface area contributed by atoms with Gasteiger partial charge in [-0.15, -0.1) is 24.0 Å². The molecule has 0 amide bonds. The molecule has 0 radical (unpaired) electrons. The maximum atomic E-state index is 5.71. The number of hydrogen-bond donors (Lipinski definition) is 2. The van der Waals surface area contributed by atoms with Crippen molar-refractivity contribution in [3.63, 3.8) is 0 Å². The predicted molar refractivity (Wildman–Crippen MR) is 120 cm³/mol. The molecular weight excluding hydrogens is 471 g/mol. The Bertz CT molecular complexity index is 786. The van der Waals surface area contributed by atoms with Crippen molar-refractivity contribution < 1.29 is 14.2 Å². The van der Waals surface area contributed by atoms with E-state index in [1.54, 1.807) is 6.20 Å². The highest BCUT2D eigenvalue weighted by Crippen LogP contribution is 2.32. The topological polar surface area (TPSA) is 77.0 Å². The second kappa shape index (κ2) is 11.6. The summed E-state index contributed by atoms with van der Waals surface area (Å²) in [7, 11) is 0. The molecule has 0 fully saturated rings. The Morgan fingerprint density at radius 3 is 2.86 bits per heavy atom. The first kappa shape index (κ1) is 22.1. The van der Waals surface area contributed by atoms with Crippen LogP contribution < -0.4 is 24.8 Å². The van der Waals surface area contributed by atoms with Crippen molar-refractivity contribution in [2.75, 3.05) is 19.9 Å². The van der Waals surface area contributed by atoms with E-state index < -0.39 is 0 Å². The van der Waals surface area contributed by atoms with E-state index in [1.807, 2.05) is 37.3 Å². The fourth-order valence-electron chi connectivity index (χ4n) is 2.62. The molecule has 8 heteroatoms. The number of ether oxygens (including phenoxy) is 3. The molecule has 2 aromatic rings. The van der Waals surface area contributed by atoms with Crippen molar-refractivity contribution in [2.24, 2.45) is 4.99 Å². The molecule has 0 aliphatic carbocycles. The van der Waals surface area contributed by atoms with E-state index in [-0.39, 0.29) is 30.8 Å². The fraction of sp³-hybridized carbons (Fsp3) is 0.400. The quantitative estimate of drug-likeness (QED) is 0.330. The van der Waals surface area contributed by atoms with Crippen LogP contribution in [-0.4, -0.2) is 30.9 Å². The van der Waals surface area contributed by atoms with Crippen molar-refractivity contribution in [3.05, 3.63) is 47.7 Å². The van der Waals surface area contributed by atoms with Crippen molar-refractivity contribution in [3.8, 4) is 17.4 Å².